The molecule has 1 amide bonds. The zero-order chi connectivity index (χ0) is 13.7. The summed E-state index contributed by atoms with van der Waals surface area (Å²) in [5.41, 5.74) is 6.35. The van der Waals surface area contributed by atoms with Crippen molar-refractivity contribution in [1.29, 1.82) is 0 Å². The van der Waals surface area contributed by atoms with Gasteiger partial charge in [0.1, 0.15) is 0 Å². The molecule has 1 saturated carbocycles. The summed E-state index contributed by atoms with van der Waals surface area (Å²) in [5, 5.41) is 2.90. The quantitative estimate of drug-likeness (QED) is 0.746. The van der Waals surface area contributed by atoms with Gasteiger partial charge in [-0.2, -0.15) is 0 Å². The second-order valence-electron chi connectivity index (χ2n) is 4.83. The maximum absolute atomic E-state index is 12.0. The van der Waals surface area contributed by atoms with Gasteiger partial charge in [-0.25, -0.2) is 0 Å². The smallest absolute Gasteiger partial charge is 0.238 e. The molecule has 4 nitrogen and oxygen atoms in total. The molecule has 0 bridgehead atoms. The Morgan fingerprint density at radius 2 is 2.05 bits per heavy atom. The minimum atomic E-state index is 0.0149. The molecular formula is C14H19N3OS. The summed E-state index contributed by atoms with van der Waals surface area (Å²) in [5.74, 6) is 0.0149. The van der Waals surface area contributed by atoms with Gasteiger partial charge in [0.2, 0.25) is 5.91 Å². The topological polar surface area (TPSA) is 58.4 Å². The van der Waals surface area contributed by atoms with Crippen LogP contribution in [0.3, 0.4) is 0 Å². The summed E-state index contributed by atoms with van der Waals surface area (Å²) in [6.07, 6.45) is 3.00. The zero-order valence-corrected chi connectivity index (χ0v) is 11.7. The number of benzene rings is 1. The lowest BCUT2D eigenvalue weighted by Gasteiger charge is -2.21. The van der Waals surface area contributed by atoms with Crippen LogP contribution in [0.1, 0.15) is 19.3 Å². The van der Waals surface area contributed by atoms with Crippen molar-refractivity contribution in [2.45, 2.75) is 25.3 Å². The molecule has 0 radical (unpaired) electrons. The molecule has 19 heavy (non-hydrogen) atoms. The summed E-state index contributed by atoms with van der Waals surface area (Å²) >= 11 is 4.89. The molecule has 0 unspecified atom stereocenters. The number of anilines is 1. The predicted molar refractivity (Wildman–Crippen MR) is 81.1 cm³/mol. The van der Waals surface area contributed by atoms with E-state index in [1.807, 2.05) is 30.3 Å². The zero-order valence-electron chi connectivity index (χ0n) is 10.8. The number of nitrogens with zero attached hydrogens (tertiary/aromatic N) is 1. The van der Waals surface area contributed by atoms with Crippen LogP contribution in [0.4, 0.5) is 5.69 Å². The van der Waals surface area contributed by atoms with E-state index < -0.39 is 0 Å². The number of thiocarbonyl (C=S) groups is 1. The van der Waals surface area contributed by atoms with Crippen molar-refractivity contribution in [2.24, 2.45) is 5.73 Å². The SMILES string of the molecule is NC(=S)CCN(CC(=O)Nc1ccccc1)C1CC1. The Labute approximate surface area is 119 Å². The monoisotopic (exact) mass is 277 g/mol. The highest BCUT2D eigenvalue weighted by atomic mass is 32.1. The van der Waals surface area contributed by atoms with E-state index in [1.54, 1.807) is 0 Å². The van der Waals surface area contributed by atoms with E-state index in [0.717, 1.165) is 25.1 Å². The van der Waals surface area contributed by atoms with Gasteiger partial charge in [-0.05, 0) is 25.0 Å². The van der Waals surface area contributed by atoms with Crippen LogP contribution >= 0.6 is 12.2 Å². The Morgan fingerprint density at radius 3 is 2.63 bits per heavy atom. The fraction of sp³-hybridized carbons (Fsp3) is 0.429. The van der Waals surface area contributed by atoms with Gasteiger partial charge in [0.15, 0.2) is 0 Å². The highest BCUT2D eigenvalue weighted by molar-refractivity contribution is 7.80. The largest absolute Gasteiger partial charge is 0.393 e. The van der Waals surface area contributed by atoms with Crippen molar-refractivity contribution in [3.05, 3.63) is 30.3 Å². The second-order valence-corrected chi connectivity index (χ2v) is 5.36. The minimum absolute atomic E-state index is 0.0149. The van der Waals surface area contributed by atoms with E-state index >= 15 is 0 Å². The Kier molecular flexibility index (Phi) is 4.87. The van der Waals surface area contributed by atoms with Gasteiger partial charge in [-0.15, -0.1) is 0 Å². The van der Waals surface area contributed by atoms with Crippen LogP contribution in [0.15, 0.2) is 30.3 Å². The van der Waals surface area contributed by atoms with Crippen LogP contribution < -0.4 is 11.1 Å². The van der Waals surface area contributed by atoms with Crippen molar-refractivity contribution in [3.63, 3.8) is 0 Å². The van der Waals surface area contributed by atoms with Crippen molar-refractivity contribution in [2.75, 3.05) is 18.4 Å². The maximum atomic E-state index is 12.0. The summed E-state index contributed by atoms with van der Waals surface area (Å²) in [7, 11) is 0. The Morgan fingerprint density at radius 1 is 1.37 bits per heavy atom. The molecular weight excluding hydrogens is 258 g/mol. The molecule has 0 saturated heterocycles. The van der Waals surface area contributed by atoms with Gasteiger partial charge < -0.3 is 11.1 Å². The third-order valence-electron chi connectivity index (χ3n) is 3.11. The lowest BCUT2D eigenvalue weighted by molar-refractivity contribution is -0.117. The van der Waals surface area contributed by atoms with E-state index in [2.05, 4.69) is 10.2 Å². The van der Waals surface area contributed by atoms with Gasteiger partial charge in [-0.1, -0.05) is 30.4 Å². The van der Waals surface area contributed by atoms with Gasteiger partial charge in [0, 0.05) is 24.7 Å². The van der Waals surface area contributed by atoms with Crippen molar-refractivity contribution in [1.82, 2.24) is 4.90 Å². The number of nitrogens with two attached hydrogens (primary N) is 1. The van der Waals surface area contributed by atoms with Crippen molar-refractivity contribution >= 4 is 28.8 Å². The number of para-hydroxylation sites is 1. The number of nitrogens with one attached hydrogen (secondary N) is 1. The Hall–Kier alpha value is -1.46. The van der Waals surface area contributed by atoms with E-state index in [-0.39, 0.29) is 5.91 Å². The molecule has 0 aromatic heterocycles. The molecule has 1 aliphatic carbocycles. The number of hydrogen-bond donors (Lipinski definition) is 2. The van der Waals surface area contributed by atoms with Gasteiger partial charge in [0.05, 0.1) is 11.5 Å². The molecule has 102 valence electrons. The van der Waals surface area contributed by atoms with Gasteiger partial charge >= 0.3 is 0 Å². The van der Waals surface area contributed by atoms with Crippen molar-refractivity contribution in [3.8, 4) is 0 Å². The first-order valence-corrected chi connectivity index (χ1v) is 6.93. The Bertz CT molecular complexity index is 445. The standard InChI is InChI=1S/C14H19N3OS/c15-13(19)8-9-17(12-6-7-12)10-14(18)16-11-4-2-1-3-5-11/h1-5,12H,6-10H2,(H2,15,19)(H,16,18). The molecule has 0 atom stereocenters. The molecule has 1 aliphatic rings. The van der Waals surface area contributed by atoms with Crippen LogP contribution in [0.2, 0.25) is 0 Å². The number of carbonyl (C=O) groups excluding carboxylic acids is 1. The highest BCUT2D eigenvalue weighted by Gasteiger charge is 2.29. The summed E-state index contributed by atoms with van der Waals surface area (Å²) in [6, 6.07) is 10.0. The molecule has 3 N–H and O–H groups in total. The molecule has 5 heteroatoms. The predicted octanol–water partition coefficient (Wildman–Crippen LogP) is 1.77. The molecule has 1 aromatic carbocycles. The number of carbonyl (C=O) groups is 1. The molecule has 1 aromatic rings. The maximum Gasteiger partial charge on any atom is 0.238 e. The van der Waals surface area contributed by atoms with Crippen molar-refractivity contribution < 1.29 is 4.79 Å². The first-order chi connectivity index (χ1) is 9.15. The molecule has 2 rings (SSSR count). The second kappa shape index (κ2) is 6.63. The lowest BCUT2D eigenvalue weighted by Crippen LogP contribution is -2.36. The van der Waals surface area contributed by atoms with Crippen LogP contribution in [0.25, 0.3) is 0 Å². The fourth-order valence-electron chi connectivity index (χ4n) is 1.99. The average molecular weight is 277 g/mol. The molecule has 0 aliphatic heterocycles. The van der Waals surface area contributed by atoms with Crippen LogP contribution in [-0.2, 0) is 4.79 Å². The van der Waals surface area contributed by atoms with Crippen LogP contribution in [0, 0.1) is 0 Å². The summed E-state index contributed by atoms with van der Waals surface area (Å²) < 4.78 is 0. The number of rotatable bonds is 7. The van der Waals surface area contributed by atoms with Crippen LogP contribution in [0.5, 0.6) is 0 Å². The lowest BCUT2D eigenvalue weighted by atomic mass is 10.3. The average Bonchev–Trinajstić information content (AvgIpc) is 3.19. The first kappa shape index (κ1) is 14.0. The fourth-order valence-corrected chi connectivity index (χ4v) is 2.08. The highest BCUT2D eigenvalue weighted by Crippen LogP contribution is 2.26. The Balaban J connectivity index is 1.83. The molecule has 0 heterocycles. The first-order valence-electron chi connectivity index (χ1n) is 6.52. The number of hydrogen-bond acceptors (Lipinski definition) is 3. The molecule has 0 spiro atoms. The van der Waals surface area contributed by atoms with E-state index in [9.17, 15) is 4.79 Å². The van der Waals surface area contributed by atoms with Gasteiger partial charge in [-0.3, -0.25) is 9.69 Å². The van der Waals surface area contributed by atoms with E-state index in [0.29, 0.717) is 24.0 Å². The third-order valence-corrected chi connectivity index (χ3v) is 3.32. The molecule has 1 fully saturated rings. The van der Waals surface area contributed by atoms with Crippen LogP contribution in [-0.4, -0.2) is 34.9 Å². The van der Waals surface area contributed by atoms with E-state index in [4.69, 9.17) is 18.0 Å². The minimum Gasteiger partial charge on any atom is -0.393 e. The number of amides is 1. The third kappa shape index (κ3) is 4.96. The van der Waals surface area contributed by atoms with Gasteiger partial charge in [0.25, 0.3) is 0 Å². The summed E-state index contributed by atoms with van der Waals surface area (Å²) in [4.78, 5) is 14.7. The normalized spacial score (nSPS) is 14.4. The summed E-state index contributed by atoms with van der Waals surface area (Å²) in [6.45, 7) is 1.17. The van der Waals surface area contributed by atoms with E-state index in [1.165, 1.54) is 0 Å².